The molecule has 2 aromatic carbocycles. The van der Waals surface area contributed by atoms with Gasteiger partial charge in [0.1, 0.15) is 6.04 Å². The van der Waals surface area contributed by atoms with Crippen molar-refractivity contribution in [2.75, 3.05) is 19.1 Å². The van der Waals surface area contributed by atoms with Gasteiger partial charge in [-0.2, -0.15) is 9.97 Å². The molecule has 0 radical (unpaired) electrons. The maximum atomic E-state index is 12.5. The number of ether oxygens (including phenoxy) is 2. The number of carbonyl (C=O) groups is 2. The van der Waals surface area contributed by atoms with Crippen molar-refractivity contribution in [2.24, 2.45) is 0 Å². The van der Waals surface area contributed by atoms with E-state index in [4.69, 9.17) is 9.47 Å². The fourth-order valence-electron chi connectivity index (χ4n) is 3.25. The summed E-state index contributed by atoms with van der Waals surface area (Å²) in [6, 6.07) is 18.4. The highest BCUT2D eigenvalue weighted by Crippen LogP contribution is 2.33. The molecule has 3 aromatic rings. The molecule has 0 fully saturated rings. The van der Waals surface area contributed by atoms with E-state index in [1.54, 1.807) is 0 Å². The lowest BCUT2D eigenvalue weighted by atomic mass is 9.84. The average Bonchev–Trinajstić information content (AvgIpc) is 2.79. The van der Waals surface area contributed by atoms with E-state index in [1.807, 2.05) is 60.7 Å². The van der Waals surface area contributed by atoms with Crippen molar-refractivity contribution in [2.45, 2.75) is 12.0 Å². The Bertz CT molecular complexity index is 936. The highest BCUT2D eigenvalue weighted by Gasteiger charge is 2.38. The van der Waals surface area contributed by atoms with Gasteiger partial charge in [0.05, 0.1) is 20.3 Å². The van der Waals surface area contributed by atoms with Crippen molar-refractivity contribution in [1.82, 2.24) is 9.97 Å². The number of hydrogen-bond donors (Lipinski definition) is 1. The minimum atomic E-state index is -1.32. The van der Waals surface area contributed by atoms with Gasteiger partial charge in [-0.3, -0.25) is 9.69 Å². The number of carbonyl (C=O) groups excluding carboxylic acids is 1. The fourth-order valence-corrected chi connectivity index (χ4v) is 3.25. The predicted molar refractivity (Wildman–Crippen MR) is 110 cm³/mol. The zero-order chi connectivity index (χ0) is 21.5. The summed E-state index contributed by atoms with van der Waals surface area (Å²) < 4.78 is 10.3. The molecule has 30 heavy (non-hydrogen) atoms. The zero-order valence-corrected chi connectivity index (χ0v) is 16.5. The minimum absolute atomic E-state index is 0.134. The van der Waals surface area contributed by atoms with Gasteiger partial charge in [0.15, 0.2) is 0 Å². The van der Waals surface area contributed by atoms with E-state index in [-0.39, 0.29) is 17.7 Å². The first-order chi connectivity index (χ1) is 14.6. The van der Waals surface area contributed by atoms with Gasteiger partial charge in [0, 0.05) is 5.92 Å². The van der Waals surface area contributed by atoms with Crippen LogP contribution in [0.1, 0.15) is 17.0 Å². The Balaban J connectivity index is 2.18. The van der Waals surface area contributed by atoms with Gasteiger partial charge in [-0.25, -0.2) is 4.79 Å². The molecule has 8 heteroatoms. The molecule has 0 aliphatic heterocycles. The Hall–Kier alpha value is -3.94. The lowest BCUT2D eigenvalue weighted by Crippen LogP contribution is -2.46. The molecule has 0 aliphatic carbocycles. The summed E-state index contributed by atoms with van der Waals surface area (Å²) in [5, 5.41) is 10.2. The normalized spacial score (nSPS) is 11.6. The molecule has 0 bridgehead atoms. The van der Waals surface area contributed by atoms with Gasteiger partial charge in [-0.05, 0) is 11.1 Å². The van der Waals surface area contributed by atoms with E-state index < -0.39 is 17.9 Å². The van der Waals surface area contributed by atoms with Crippen LogP contribution in [0.15, 0.2) is 66.7 Å². The molecule has 0 saturated heterocycles. The Kier molecular flexibility index (Phi) is 6.59. The molecule has 1 amide bonds. The van der Waals surface area contributed by atoms with Crippen LogP contribution in [0.3, 0.4) is 0 Å². The van der Waals surface area contributed by atoms with Crippen LogP contribution in [-0.4, -0.2) is 47.7 Å². The van der Waals surface area contributed by atoms with Crippen molar-refractivity contribution in [3.8, 4) is 11.8 Å². The summed E-state index contributed by atoms with van der Waals surface area (Å²) in [7, 11) is 2.81. The molecule has 1 unspecified atom stereocenters. The molecule has 1 N–H and O–H groups in total. The molecule has 1 aromatic heterocycles. The Morgan fingerprint density at radius 2 is 1.40 bits per heavy atom. The summed E-state index contributed by atoms with van der Waals surface area (Å²) in [6.07, 6.45) is 0.409. The molecule has 154 valence electrons. The van der Waals surface area contributed by atoms with Crippen molar-refractivity contribution in [3.05, 3.63) is 77.9 Å². The molecule has 0 saturated carbocycles. The van der Waals surface area contributed by atoms with E-state index in [2.05, 4.69) is 9.97 Å². The van der Waals surface area contributed by atoms with Crippen LogP contribution < -0.4 is 14.4 Å². The summed E-state index contributed by atoms with van der Waals surface area (Å²) in [6.45, 7) is 0. The first-order valence-electron chi connectivity index (χ1n) is 9.12. The van der Waals surface area contributed by atoms with Gasteiger partial charge < -0.3 is 14.6 Å². The van der Waals surface area contributed by atoms with E-state index in [0.717, 1.165) is 16.0 Å². The van der Waals surface area contributed by atoms with Crippen molar-refractivity contribution in [3.63, 3.8) is 0 Å². The summed E-state index contributed by atoms with van der Waals surface area (Å²) in [4.78, 5) is 33.9. The second kappa shape index (κ2) is 9.51. The standard InChI is InChI=1S/C22H21N3O5/c1-29-17-13-18(30-2)24-22(23-17)25(14-26)20(21(27)28)19(15-9-5-3-6-10-15)16-11-7-4-8-12-16/h3-14,19-20H,1-2H3,(H,27,28). The third-order valence-electron chi connectivity index (χ3n) is 4.62. The van der Waals surface area contributed by atoms with Crippen LogP contribution in [0.5, 0.6) is 11.8 Å². The van der Waals surface area contributed by atoms with E-state index >= 15 is 0 Å². The number of anilines is 1. The lowest BCUT2D eigenvalue weighted by Gasteiger charge is -2.31. The molecule has 0 aliphatic rings. The highest BCUT2D eigenvalue weighted by atomic mass is 16.5. The van der Waals surface area contributed by atoms with Crippen LogP contribution in [0.4, 0.5) is 5.95 Å². The maximum Gasteiger partial charge on any atom is 0.327 e. The second-order valence-electron chi connectivity index (χ2n) is 6.35. The number of carboxylic acid groups (broad SMARTS) is 1. The highest BCUT2D eigenvalue weighted by molar-refractivity contribution is 5.88. The monoisotopic (exact) mass is 407 g/mol. The maximum absolute atomic E-state index is 12.5. The smallest absolute Gasteiger partial charge is 0.327 e. The average molecular weight is 407 g/mol. The van der Waals surface area contributed by atoms with Crippen molar-refractivity contribution < 1.29 is 24.2 Å². The number of hydrogen-bond acceptors (Lipinski definition) is 6. The Morgan fingerprint density at radius 3 is 1.77 bits per heavy atom. The number of aliphatic carboxylic acids is 1. The molecule has 1 atom stereocenters. The summed E-state index contributed by atoms with van der Waals surface area (Å²) >= 11 is 0. The van der Waals surface area contributed by atoms with Crippen LogP contribution in [0.25, 0.3) is 0 Å². The third kappa shape index (κ3) is 4.38. The molecule has 0 spiro atoms. The van der Waals surface area contributed by atoms with Crippen LogP contribution in [-0.2, 0) is 9.59 Å². The quantitative estimate of drug-likeness (QED) is 0.544. The van der Waals surface area contributed by atoms with E-state index in [0.29, 0.717) is 6.41 Å². The fraction of sp³-hybridized carbons (Fsp3) is 0.182. The van der Waals surface area contributed by atoms with Gasteiger partial charge in [0.2, 0.25) is 24.1 Å². The minimum Gasteiger partial charge on any atom is -0.481 e. The summed E-state index contributed by atoms with van der Waals surface area (Å²) in [5.41, 5.74) is 1.47. The predicted octanol–water partition coefficient (Wildman–Crippen LogP) is 2.74. The Labute approximate surface area is 173 Å². The summed E-state index contributed by atoms with van der Waals surface area (Å²) in [5.74, 6) is -1.72. The number of carboxylic acids is 1. The largest absolute Gasteiger partial charge is 0.481 e. The number of benzene rings is 2. The number of rotatable bonds is 9. The van der Waals surface area contributed by atoms with Gasteiger partial charge in [-0.15, -0.1) is 0 Å². The van der Waals surface area contributed by atoms with Gasteiger partial charge in [-0.1, -0.05) is 60.7 Å². The van der Waals surface area contributed by atoms with Crippen LogP contribution >= 0.6 is 0 Å². The van der Waals surface area contributed by atoms with Gasteiger partial charge >= 0.3 is 5.97 Å². The van der Waals surface area contributed by atoms with Crippen molar-refractivity contribution in [1.29, 1.82) is 0 Å². The van der Waals surface area contributed by atoms with Gasteiger partial charge in [0.25, 0.3) is 0 Å². The topological polar surface area (TPSA) is 102 Å². The van der Waals surface area contributed by atoms with Crippen LogP contribution in [0.2, 0.25) is 0 Å². The number of aromatic nitrogens is 2. The lowest BCUT2D eigenvalue weighted by molar-refractivity contribution is -0.139. The van der Waals surface area contributed by atoms with E-state index in [9.17, 15) is 14.7 Å². The molecular weight excluding hydrogens is 386 g/mol. The van der Waals surface area contributed by atoms with Crippen LogP contribution in [0, 0.1) is 0 Å². The molecule has 1 heterocycles. The SMILES string of the molecule is COc1cc(OC)nc(N(C=O)C(C(=O)O)C(c2ccccc2)c2ccccc2)n1. The second-order valence-corrected chi connectivity index (χ2v) is 6.35. The van der Waals surface area contributed by atoms with Crippen molar-refractivity contribution >= 4 is 18.3 Å². The third-order valence-corrected chi connectivity index (χ3v) is 4.62. The number of amides is 1. The molecule has 8 nitrogen and oxygen atoms in total. The number of nitrogens with zero attached hydrogens (tertiary/aromatic N) is 3. The molecule has 3 rings (SSSR count). The zero-order valence-electron chi connectivity index (χ0n) is 16.5. The molecular formula is C22H21N3O5. The first-order valence-corrected chi connectivity index (χ1v) is 9.12. The first kappa shape index (κ1) is 20.8. The Morgan fingerprint density at radius 1 is 0.933 bits per heavy atom. The van der Waals surface area contributed by atoms with E-state index in [1.165, 1.54) is 20.3 Å². The number of methoxy groups -OCH3 is 2.